The topological polar surface area (TPSA) is 253 Å². The van der Waals surface area contributed by atoms with Crippen molar-refractivity contribution in [2.75, 3.05) is 37.1 Å². The molecule has 20 nitrogen and oxygen atoms in total. The molecule has 68 heavy (non-hydrogen) atoms. The van der Waals surface area contributed by atoms with Crippen LogP contribution in [-0.4, -0.2) is 101 Å². The molecule has 2 aromatic carbocycles. The summed E-state index contributed by atoms with van der Waals surface area (Å²) in [5, 5.41) is 14.8. The van der Waals surface area contributed by atoms with Gasteiger partial charge in [0.15, 0.2) is 0 Å². The Morgan fingerprint density at radius 3 is 1.34 bits per heavy atom. The summed E-state index contributed by atoms with van der Waals surface area (Å²) in [6, 6.07) is 9.62. The summed E-state index contributed by atoms with van der Waals surface area (Å²) < 4.78 is 30.7. The fraction of sp³-hybridized carbons (Fsp3) is 0.435. The van der Waals surface area contributed by atoms with Gasteiger partial charge in [0.05, 0.1) is 61.1 Å². The Morgan fingerprint density at radius 1 is 0.618 bits per heavy atom. The lowest BCUT2D eigenvalue weighted by Gasteiger charge is -2.14. The number of hydrogen-bond donors (Lipinski definition) is 4. The van der Waals surface area contributed by atoms with E-state index in [1.54, 1.807) is 68.7 Å². The van der Waals surface area contributed by atoms with E-state index >= 15 is 0 Å². The summed E-state index contributed by atoms with van der Waals surface area (Å²) in [4.78, 5) is 62.3. The number of carbonyl (C=O) groups excluding carboxylic acids is 4. The Hall–Kier alpha value is -6.48. The third kappa shape index (κ3) is 13.1. The third-order valence-corrected chi connectivity index (χ3v) is 10.2. The number of nitrogens with zero attached hydrogens (tertiary/aromatic N) is 8. The van der Waals surface area contributed by atoms with Gasteiger partial charge in [0, 0.05) is 50.1 Å². The number of ether oxygens (including phenoxy) is 4. The molecule has 368 valence electrons. The second kappa shape index (κ2) is 24.5. The maximum atomic E-state index is 13.9. The maximum absolute atomic E-state index is 13.9. The highest BCUT2D eigenvalue weighted by Crippen LogP contribution is 2.33. The van der Waals surface area contributed by atoms with Gasteiger partial charge in [0.25, 0.3) is 11.8 Å². The molecule has 0 unspecified atom stereocenters. The van der Waals surface area contributed by atoms with Crippen LogP contribution in [0.5, 0.6) is 11.5 Å². The number of fused-ring (bicyclic) bond motifs is 2. The highest BCUT2D eigenvalue weighted by molar-refractivity contribution is 6.05. The number of imidazole rings is 2. The van der Waals surface area contributed by atoms with Crippen LogP contribution in [0.1, 0.15) is 107 Å². The maximum Gasteiger partial charge on any atom is 0.276 e. The van der Waals surface area contributed by atoms with E-state index in [-0.39, 0.29) is 86.3 Å². The smallest absolute Gasteiger partial charge is 0.276 e. The molecule has 4 amide bonds. The monoisotopic (exact) mass is 980 g/mol. The molecule has 0 spiro atoms. The van der Waals surface area contributed by atoms with Crippen LogP contribution >= 0.6 is 24.8 Å². The second-order valence-corrected chi connectivity index (χ2v) is 16.1. The first-order chi connectivity index (χ1) is 31.6. The van der Waals surface area contributed by atoms with E-state index < -0.39 is 23.6 Å². The van der Waals surface area contributed by atoms with Crippen molar-refractivity contribution in [3.05, 3.63) is 82.5 Å². The van der Waals surface area contributed by atoms with Crippen molar-refractivity contribution in [3.63, 3.8) is 0 Å². The number of aryl methyl sites for hydroxylation is 4. The first kappa shape index (κ1) is 54.1. The van der Waals surface area contributed by atoms with Gasteiger partial charge in [-0.05, 0) is 91.8 Å². The van der Waals surface area contributed by atoms with Crippen molar-refractivity contribution in [2.24, 2.45) is 11.5 Å². The molecule has 0 fully saturated rings. The molecule has 0 atom stereocenters. The van der Waals surface area contributed by atoms with Gasteiger partial charge in [-0.3, -0.25) is 39.2 Å². The molecule has 6 aromatic rings. The van der Waals surface area contributed by atoms with Crippen LogP contribution in [0.3, 0.4) is 0 Å². The zero-order valence-corrected chi connectivity index (χ0v) is 41.3. The van der Waals surface area contributed by atoms with E-state index in [2.05, 4.69) is 20.8 Å². The third-order valence-electron chi connectivity index (χ3n) is 10.2. The highest BCUT2D eigenvalue weighted by Gasteiger charge is 2.24. The minimum absolute atomic E-state index is 0. The number of allylic oxidation sites excluding steroid dienone is 2. The van der Waals surface area contributed by atoms with Crippen molar-refractivity contribution < 1.29 is 38.1 Å². The molecule has 0 aliphatic heterocycles. The van der Waals surface area contributed by atoms with Crippen LogP contribution in [0, 0.1) is 13.8 Å². The van der Waals surface area contributed by atoms with E-state index in [0.717, 1.165) is 0 Å². The molecule has 0 radical (unpaired) electrons. The average molecular weight is 982 g/mol. The number of rotatable bonds is 24. The Balaban J connectivity index is 0.00000504. The van der Waals surface area contributed by atoms with Gasteiger partial charge >= 0.3 is 0 Å². The SMILES string of the molecule is CCn1nc(C)cc1C(=O)Nc1nc2cc(C(N)=O)cc(OCCCOC(C)C)c2n1C/C=C/Cn1c(NC(=O)c2cc(C)nn2CC)nc2cc(C(N)=O)cc(OCCCOC(C)C)c21.Cl.Cl. The fourth-order valence-corrected chi connectivity index (χ4v) is 7.26. The average Bonchev–Trinajstić information content (AvgIpc) is 4.03. The number of nitrogens with one attached hydrogen (secondary N) is 2. The number of amides is 4. The fourth-order valence-electron chi connectivity index (χ4n) is 7.26. The minimum atomic E-state index is -0.674. The van der Waals surface area contributed by atoms with Crippen LogP contribution in [0.15, 0.2) is 48.6 Å². The van der Waals surface area contributed by atoms with E-state index in [9.17, 15) is 19.2 Å². The van der Waals surface area contributed by atoms with Crippen molar-refractivity contribution in [2.45, 2.75) is 107 Å². The molecule has 0 saturated heterocycles. The quantitative estimate of drug-likeness (QED) is 0.0369. The van der Waals surface area contributed by atoms with Gasteiger partial charge in [-0.1, -0.05) is 12.2 Å². The van der Waals surface area contributed by atoms with Crippen molar-refractivity contribution >= 4 is 82.4 Å². The van der Waals surface area contributed by atoms with Crippen LogP contribution in [0.2, 0.25) is 0 Å². The van der Waals surface area contributed by atoms with E-state index in [1.807, 2.05) is 53.7 Å². The van der Waals surface area contributed by atoms with Gasteiger partial charge in [-0.25, -0.2) is 9.97 Å². The number of aromatic nitrogens is 8. The van der Waals surface area contributed by atoms with Crippen LogP contribution in [0.4, 0.5) is 11.9 Å². The number of primary amides is 2. The van der Waals surface area contributed by atoms with Crippen molar-refractivity contribution in [1.82, 2.24) is 38.7 Å². The largest absolute Gasteiger partial charge is 0.491 e. The van der Waals surface area contributed by atoms with Crippen LogP contribution in [0.25, 0.3) is 22.1 Å². The van der Waals surface area contributed by atoms with Gasteiger partial charge in [-0.2, -0.15) is 10.2 Å². The molecule has 0 aliphatic rings. The zero-order chi connectivity index (χ0) is 47.7. The summed E-state index contributed by atoms with van der Waals surface area (Å²) >= 11 is 0. The molecular weight excluding hydrogens is 919 g/mol. The van der Waals surface area contributed by atoms with Gasteiger partial charge < -0.3 is 39.5 Å². The number of anilines is 2. The van der Waals surface area contributed by atoms with Crippen molar-refractivity contribution in [3.8, 4) is 11.5 Å². The molecule has 0 aliphatic carbocycles. The van der Waals surface area contributed by atoms with E-state index in [1.165, 1.54) is 0 Å². The number of carbonyl (C=O) groups is 4. The first-order valence-electron chi connectivity index (χ1n) is 22.1. The standard InChI is InChI=1S/C46H60N12O8.2ClH/c1-9-57-35(21-29(7)53-57)43(61)51-45-49-33-23-31(41(47)59)25-37(65-19-13-17-63-27(3)4)39(33)55(45)15-11-12-16-56-40-34(50-46(56)52-44(62)36-22-30(8)54-58(36)10-2)24-32(42(48)60)26-38(40)66-20-14-18-64-28(5)6;;/h11-12,21-28H,9-10,13-20H2,1-8H3,(H2,47,59)(H2,48,60)(H,49,51,61)(H,50,52,62);2*1H/b12-11+;;. The molecule has 0 bridgehead atoms. The lowest BCUT2D eigenvalue weighted by Crippen LogP contribution is -2.20. The normalized spacial score (nSPS) is 11.4. The molecule has 4 heterocycles. The molecular formula is C46H62Cl2N12O8. The second-order valence-electron chi connectivity index (χ2n) is 16.1. The number of benzene rings is 2. The van der Waals surface area contributed by atoms with E-state index in [4.69, 9.17) is 40.4 Å². The molecule has 0 saturated carbocycles. The summed E-state index contributed by atoms with van der Waals surface area (Å²) in [7, 11) is 0. The highest BCUT2D eigenvalue weighted by atomic mass is 35.5. The van der Waals surface area contributed by atoms with Gasteiger partial charge in [0.2, 0.25) is 23.7 Å². The number of halogens is 2. The Morgan fingerprint density at radius 2 is 1.00 bits per heavy atom. The summed E-state index contributed by atoms with van der Waals surface area (Å²) in [6.45, 7) is 17.9. The number of nitrogens with two attached hydrogens (primary N) is 2. The minimum Gasteiger partial charge on any atom is -0.491 e. The lowest BCUT2D eigenvalue weighted by atomic mass is 10.1. The molecule has 6 N–H and O–H groups in total. The van der Waals surface area contributed by atoms with Crippen LogP contribution in [-0.2, 0) is 35.7 Å². The Kier molecular flexibility index (Phi) is 19.5. The predicted octanol–water partition coefficient (Wildman–Crippen LogP) is 6.63. The first-order valence-corrected chi connectivity index (χ1v) is 22.1. The summed E-state index contributed by atoms with van der Waals surface area (Å²) in [5.41, 5.74) is 15.6. The zero-order valence-electron chi connectivity index (χ0n) is 39.7. The van der Waals surface area contributed by atoms with E-state index in [0.29, 0.717) is 95.5 Å². The number of hydrogen-bond acceptors (Lipinski definition) is 12. The Bertz CT molecular complexity index is 2570. The lowest BCUT2D eigenvalue weighted by molar-refractivity contribution is 0.0692. The predicted molar refractivity (Wildman–Crippen MR) is 264 cm³/mol. The summed E-state index contributed by atoms with van der Waals surface area (Å²) in [5.74, 6) is -1.21. The molecule has 4 aromatic heterocycles. The van der Waals surface area contributed by atoms with Gasteiger partial charge in [-0.15, -0.1) is 24.8 Å². The Labute approximate surface area is 406 Å². The molecule has 6 rings (SSSR count). The van der Waals surface area contributed by atoms with Crippen LogP contribution < -0.4 is 31.6 Å². The van der Waals surface area contributed by atoms with Gasteiger partial charge in [0.1, 0.15) is 33.9 Å². The molecule has 22 heteroatoms. The summed E-state index contributed by atoms with van der Waals surface area (Å²) in [6.07, 6.45) is 4.93. The van der Waals surface area contributed by atoms with Crippen molar-refractivity contribution in [1.29, 1.82) is 0 Å².